The molecule has 118 valence electrons. The van der Waals surface area contributed by atoms with Crippen LogP contribution in [0.4, 0.5) is 4.79 Å². The molecule has 0 aromatic heterocycles. The summed E-state index contributed by atoms with van der Waals surface area (Å²) in [6.45, 7) is 10.0. The van der Waals surface area contributed by atoms with E-state index in [9.17, 15) is 4.79 Å². The first-order chi connectivity index (χ1) is 9.81. The van der Waals surface area contributed by atoms with E-state index >= 15 is 0 Å². The zero-order valence-electron chi connectivity index (χ0n) is 13.7. The van der Waals surface area contributed by atoms with Gasteiger partial charge in [0.1, 0.15) is 0 Å². The maximum absolute atomic E-state index is 12.0. The number of rotatable bonds is 6. The zero-order valence-corrected chi connectivity index (χ0v) is 15.4. The van der Waals surface area contributed by atoms with Crippen molar-refractivity contribution in [1.29, 1.82) is 0 Å². The third-order valence-electron chi connectivity index (χ3n) is 3.21. The number of carbonyl (C=O) groups excluding carboxylic acids is 1. The van der Waals surface area contributed by atoms with Gasteiger partial charge in [0.25, 0.3) is 0 Å². The molecule has 1 N–H and O–H groups in total. The number of benzene rings is 1. The van der Waals surface area contributed by atoms with Gasteiger partial charge in [0.2, 0.25) is 0 Å². The average molecular weight is 356 g/mol. The van der Waals surface area contributed by atoms with E-state index in [1.54, 1.807) is 0 Å². The van der Waals surface area contributed by atoms with Crippen LogP contribution in [0.5, 0.6) is 0 Å². The first-order valence-corrected chi connectivity index (χ1v) is 9.56. The summed E-state index contributed by atoms with van der Waals surface area (Å²) in [4.78, 5) is 12.0. The first-order valence-electron chi connectivity index (χ1n) is 7.49. The Balaban J connectivity index is 2.58. The number of carbonyl (C=O) groups is 1. The van der Waals surface area contributed by atoms with E-state index in [4.69, 9.17) is 4.74 Å². The molecule has 0 saturated carbocycles. The number of alkyl carbamates (subject to hydrolysis) is 1. The molecule has 2 atom stereocenters. The Morgan fingerprint density at radius 2 is 1.90 bits per heavy atom. The Bertz CT molecular complexity index is 428. The predicted molar refractivity (Wildman–Crippen MR) is 89.2 cm³/mol. The van der Waals surface area contributed by atoms with E-state index in [0.29, 0.717) is 20.9 Å². The van der Waals surface area contributed by atoms with E-state index in [1.807, 2.05) is 26.8 Å². The fourth-order valence-electron chi connectivity index (χ4n) is 1.79. The summed E-state index contributed by atoms with van der Waals surface area (Å²) >= 11 is 0.365. The Morgan fingerprint density at radius 3 is 2.43 bits per heavy atom. The van der Waals surface area contributed by atoms with Crippen LogP contribution in [0.3, 0.4) is 0 Å². The van der Waals surface area contributed by atoms with Crippen LogP contribution >= 0.6 is 0 Å². The minimum atomic E-state index is -0.450. The monoisotopic (exact) mass is 357 g/mol. The summed E-state index contributed by atoms with van der Waals surface area (Å²) in [5.41, 5.74) is -0.450. The fourth-order valence-corrected chi connectivity index (χ4v) is 4.17. The number of hydrogen-bond acceptors (Lipinski definition) is 2. The van der Waals surface area contributed by atoms with E-state index in [2.05, 4.69) is 43.4 Å². The fraction of sp³-hybridized carbons (Fsp3) is 0.588. The summed E-state index contributed by atoms with van der Waals surface area (Å²) in [7, 11) is 0. The Labute approximate surface area is 135 Å². The molecule has 21 heavy (non-hydrogen) atoms. The van der Waals surface area contributed by atoms with Crippen LogP contribution in [0.1, 0.15) is 41.0 Å². The van der Waals surface area contributed by atoms with Crippen molar-refractivity contribution in [2.45, 2.75) is 58.0 Å². The Kier molecular flexibility index (Phi) is 7.27. The van der Waals surface area contributed by atoms with Crippen molar-refractivity contribution in [1.82, 2.24) is 5.32 Å². The molecule has 0 spiro atoms. The first kappa shape index (κ1) is 18.1. The van der Waals surface area contributed by atoms with Crippen molar-refractivity contribution in [2.24, 2.45) is 5.92 Å². The molecule has 0 radical (unpaired) electrons. The number of ether oxygens (including phenoxy) is 1. The van der Waals surface area contributed by atoms with Gasteiger partial charge in [-0.25, -0.2) is 0 Å². The van der Waals surface area contributed by atoms with E-state index in [1.165, 1.54) is 4.46 Å². The second kappa shape index (κ2) is 8.45. The van der Waals surface area contributed by atoms with Crippen LogP contribution in [0.25, 0.3) is 0 Å². The number of hydrogen-bond donors (Lipinski definition) is 1. The SMILES string of the molecule is CC[C@H](C)[C@@H](C[Se]c1ccccc1)NC(=O)OC(C)(C)C. The van der Waals surface area contributed by atoms with E-state index < -0.39 is 5.60 Å². The molecular formula is C17H27NO2Se. The van der Waals surface area contributed by atoms with Gasteiger partial charge >= 0.3 is 135 Å². The van der Waals surface area contributed by atoms with Crippen molar-refractivity contribution < 1.29 is 9.53 Å². The molecule has 1 aromatic carbocycles. The van der Waals surface area contributed by atoms with Crippen LogP contribution in [-0.2, 0) is 4.74 Å². The molecule has 3 nitrogen and oxygen atoms in total. The van der Waals surface area contributed by atoms with Gasteiger partial charge in [0.15, 0.2) is 0 Å². The molecule has 0 unspecified atom stereocenters. The van der Waals surface area contributed by atoms with Crippen molar-refractivity contribution in [3.05, 3.63) is 30.3 Å². The van der Waals surface area contributed by atoms with Crippen LogP contribution in [0.15, 0.2) is 30.3 Å². The number of amides is 1. The predicted octanol–water partition coefficient (Wildman–Crippen LogP) is 3.37. The summed E-state index contributed by atoms with van der Waals surface area (Å²) < 4.78 is 6.74. The van der Waals surface area contributed by atoms with Gasteiger partial charge in [-0.1, -0.05) is 0 Å². The summed E-state index contributed by atoms with van der Waals surface area (Å²) in [5.74, 6) is 0.447. The molecule has 1 rings (SSSR count). The molecule has 1 amide bonds. The average Bonchev–Trinajstić information content (AvgIpc) is 2.41. The van der Waals surface area contributed by atoms with Crippen LogP contribution in [0.2, 0.25) is 5.32 Å². The van der Waals surface area contributed by atoms with Gasteiger partial charge < -0.3 is 0 Å². The van der Waals surface area contributed by atoms with Gasteiger partial charge in [-0.2, -0.15) is 0 Å². The van der Waals surface area contributed by atoms with Crippen molar-refractivity contribution in [3.8, 4) is 0 Å². The third kappa shape index (κ3) is 7.54. The van der Waals surface area contributed by atoms with Gasteiger partial charge in [-0.05, 0) is 0 Å². The topological polar surface area (TPSA) is 38.3 Å². The molecule has 0 aliphatic heterocycles. The molecule has 0 aliphatic rings. The van der Waals surface area contributed by atoms with Crippen molar-refractivity contribution in [3.63, 3.8) is 0 Å². The van der Waals surface area contributed by atoms with Crippen LogP contribution < -0.4 is 9.78 Å². The normalized spacial score (nSPS) is 14.3. The molecule has 0 saturated heterocycles. The van der Waals surface area contributed by atoms with Gasteiger partial charge in [0, 0.05) is 0 Å². The Morgan fingerprint density at radius 1 is 1.29 bits per heavy atom. The van der Waals surface area contributed by atoms with Crippen molar-refractivity contribution in [2.75, 3.05) is 0 Å². The molecule has 0 bridgehead atoms. The number of nitrogens with one attached hydrogen (secondary N) is 1. The van der Waals surface area contributed by atoms with E-state index in [-0.39, 0.29) is 12.1 Å². The minimum absolute atomic E-state index is 0.171. The third-order valence-corrected chi connectivity index (χ3v) is 5.58. The zero-order chi connectivity index (χ0) is 15.9. The molecule has 0 heterocycles. The molecule has 4 heteroatoms. The summed E-state index contributed by atoms with van der Waals surface area (Å²) in [6, 6.07) is 10.6. The second-order valence-corrected chi connectivity index (χ2v) is 8.56. The summed E-state index contributed by atoms with van der Waals surface area (Å²) in [6.07, 6.45) is 0.738. The molecule has 0 fully saturated rings. The van der Waals surface area contributed by atoms with Crippen LogP contribution in [0, 0.1) is 5.92 Å². The van der Waals surface area contributed by atoms with Crippen molar-refractivity contribution >= 4 is 25.5 Å². The summed E-state index contributed by atoms with van der Waals surface area (Å²) in [5, 5.41) is 4.04. The standard InChI is InChI=1S/C17H27NO2Se/c1-6-13(2)15(18-16(19)20-17(3,4)5)12-21-14-10-8-7-9-11-14/h7-11,13,15H,6,12H2,1-5H3,(H,18,19)/t13-,15+/m0/s1. The van der Waals surface area contributed by atoms with Crippen LogP contribution in [-0.4, -0.2) is 32.7 Å². The van der Waals surface area contributed by atoms with Gasteiger partial charge in [-0.15, -0.1) is 0 Å². The molecule has 1 aromatic rings. The van der Waals surface area contributed by atoms with E-state index in [0.717, 1.165) is 11.7 Å². The molecular weight excluding hydrogens is 329 g/mol. The maximum atomic E-state index is 12.0. The Hall–Kier alpha value is -0.991. The quantitative estimate of drug-likeness (QED) is 0.794. The van der Waals surface area contributed by atoms with Gasteiger partial charge in [-0.3, -0.25) is 0 Å². The van der Waals surface area contributed by atoms with Gasteiger partial charge in [0.05, 0.1) is 0 Å². The second-order valence-electron chi connectivity index (χ2n) is 6.26. The molecule has 0 aliphatic carbocycles.